The lowest BCUT2D eigenvalue weighted by molar-refractivity contribution is -0.183. The van der Waals surface area contributed by atoms with Gasteiger partial charge in [0.05, 0.1) is 11.7 Å². The van der Waals surface area contributed by atoms with Gasteiger partial charge in [-0.15, -0.1) is 0 Å². The lowest BCUT2D eigenvalue weighted by Crippen LogP contribution is -2.63. The number of nitrogens with two attached hydrogens (primary N) is 1. The standard InChI is InChI=1S/C48H65NO5/c1-8-12-30(25-37(51)43-48(7,54-43)35-18-11-17-33(35)28-13-9-15-31(49)23-28)41-36-19-20-40-45(4)26-34(29-14-10-16-32(50)24-29)42(53)44(2,3)39(45)21-22-46(40,5)47(36,6)27-38(41)52/h9-10,13-16,23-24,30,33-35,37,39-40,43,50-51H,8,11-12,17-22,25-27,49H2,1-7H3/t30-,33-,34+,35-,37-,39-,40+,43+,45-,46+,47+,48-/m1/s1. The number of aliphatic hydroxyl groups excluding tert-OH is 1. The molecule has 6 aliphatic rings. The predicted molar refractivity (Wildman–Crippen MR) is 214 cm³/mol. The van der Waals surface area contributed by atoms with Crippen LogP contribution < -0.4 is 5.73 Å². The Bertz CT molecular complexity index is 1860. The molecule has 4 N–H and O–H groups in total. The van der Waals surface area contributed by atoms with Crippen LogP contribution in [-0.4, -0.2) is 39.6 Å². The first kappa shape index (κ1) is 37.9. The minimum atomic E-state index is -0.626. The third-order valence-corrected chi connectivity index (χ3v) is 17.2. The lowest BCUT2D eigenvalue weighted by atomic mass is 9.35. The SMILES string of the molecule is CCC[C@H](C[C@@H](O)[C@@H]1O[C@]1(C)[C@@H]1CCC[C@@H]1c1cccc(N)c1)C1=C2CC[C@H]3[C@]4(C)C[C@@H](c5cccc(O)c5)C(=O)C(C)(C)[C@H]4CC[C@]3(C)[C@@]2(C)CC1=O. The first-order valence-corrected chi connectivity index (χ1v) is 21.3. The van der Waals surface area contributed by atoms with E-state index in [-0.39, 0.29) is 51.5 Å². The van der Waals surface area contributed by atoms with Crippen LogP contribution in [-0.2, 0) is 14.3 Å². The molecule has 0 spiro atoms. The number of hydrogen-bond acceptors (Lipinski definition) is 6. The van der Waals surface area contributed by atoms with Gasteiger partial charge in [-0.1, -0.05) is 84.2 Å². The van der Waals surface area contributed by atoms with Crippen molar-refractivity contribution < 1.29 is 24.5 Å². The van der Waals surface area contributed by atoms with E-state index in [4.69, 9.17) is 10.5 Å². The van der Waals surface area contributed by atoms with Crippen molar-refractivity contribution in [3.63, 3.8) is 0 Å². The number of ketones is 2. The molecule has 0 aromatic heterocycles. The number of aromatic hydroxyl groups is 1. The molecule has 54 heavy (non-hydrogen) atoms. The van der Waals surface area contributed by atoms with Crippen LogP contribution in [0.5, 0.6) is 5.75 Å². The molecule has 0 unspecified atom stereocenters. The van der Waals surface area contributed by atoms with Crippen molar-refractivity contribution in [1.82, 2.24) is 0 Å². The fraction of sp³-hybridized carbons (Fsp3) is 0.667. The van der Waals surface area contributed by atoms with E-state index in [1.165, 1.54) is 11.1 Å². The van der Waals surface area contributed by atoms with Crippen LogP contribution in [0.4, 0.5) is 5.69 Å². The van der Waals surface area contributed by atoms with Gasteiger partial charge in [-0.2, -0.15) is 0 Å². The maximum atomic E-state index is 14.5. The van der Waals surface area contributed by atoms with Crippen LogP contribution in [0.15, 0.2) is 59.7 Å². The highest BCUT2D eigenvalue weighted by molar-refractivity contribution is 6.00. The molecule has 1 aliphatic heterocycles. The van der Waals surface area contributed by atoms with Crippen molar-refractivity contribution in [2.45, 2.75) is 155 Å². The largest absolute Gasteiger partial charge is 0.508 e. The van der Waals surface area contributed by atoms with E-state index in [1.807, 2.05) is 24.3 Å². The monoisotopic (exact) mass is 735 g/mol. The van der Waals surface area contributed by atoms with Gasteiger partial charge in [0.25, 0.3) is 0 Å². The normalized spacial score (nSPS) is 40.9. The highest BCUT2D eigenvalue weighted by atomic mass is 16.6. The summed E-state index contributed by atoms with van der Waals surface area (Å²) in [5.74, 6) is 1.91. The number of benzene rings is 2. The minimum absolute atomic E-state index is 0.0181. The van der Waals surface area contributed by atoms with Crippen LogP contribution in [0.1, 0.15) is 148 Å². The van der Waals surface area contributed by atoms with Gasteiger partial charge in [0.2, 0.25) is 0 Å². The second kappa shape index (κ2) is 13.0. The molecule has 2 aromatic rings. The number of carbonyl (C=O) groups excluding carboxylic acids is 2. The van der Waals surface area contributed by atoms with E-state index in [0.717, 1.165) is 81.0 Å². The molecule has 6 heteroatoms. The number of epoxide rings is 1. The van der Waals surface area contributed by atoms with Crippen LogP contribution in [0.25, 0.3) is 0 Å². The van der Waals surface area contributed by atoms with Gasteiger partial charge in [-0.3, -0.25) is 9.59 Å². The summed E-state index contributed by atoms with van der Waals surface area (Å²) in [4.78, 5) is 28.8. The van der Waals surface area contributed by atoms with E-state index in [1.54, 1.807) is 12.1 Å². The number of phenols is 1. The summed E-state index contributed by atoms with van der Waals surface area (Å²) in [5.41, 5.74) is 10.3. The minimum Gasteiger partial charge on any atom is -0.508 e. The zero-order chi connectivity index (χ0) is 38.6. The number of anilines is 1. The third kappa shape index (κ3) is 5.53. The Hall–Kier alpha value is -2.96. The van der Waals surface area contributed by atoms with Crippen molar-refractivity contribution in [2.75, 3.05) is 5.73 Å². The fourth-order valence-electron chi connectivity index (χ4n) is 14.5. The molecular weight excluding hydrogens is 671 g/mol. The Morgan fingerprint density at radius 3 is 2.39 bits per heavy atom. The predicted octanol–water partition coefficient (Wildman–Crippen LogP) is 10.1. The van der Waals surface area contributed by atoms with Crippen LogP contribution in [0.2, 0.25) is 0 Å². The number of rotatable bonds is 9. The van der Waals surface area contributed by atoms with E-state index in [9.17, 15) is 19.8 Å². The van der Waals surface area contributed by atoms with Crippen LogP contribution >= 0.6 is 0 Å². The Kier molecular flexibility index (Phi) is 9.17. The molecule has 4 saturated carbocycles. The van der Waals surface area contributed by atoms with Gasteiger partial charge < -0.3 is 20.7 Å². The molecular formula is C48H65NO5. The fourth-order valence-corrected chi connectivity index (χ4v) is 14.5. The maximum Gasteiger partial charge on any atom is 0.160 e. The summed E-state index contributed by atoms with van der Waals surface area (Å²) in [6.45, 7) is 16.1. The van der Waals surface area contributed by atoms with E-state index in [2.05, 4.69) is 60.6 Å². The van der Waals surface area contributed by atoms with Crippen molar-refractivity contribution in [3.05, 3.63) is 70.8 Å². The summed E-state index contributed by atoms with van der Waals surface area (Å²) < 4.78 is 6.53. The van der Waals surface area contributed by atoms with Gasteiger partial charge in [-0.05, 0) is 146 Å². The van der Waals surface area contributed by atoms with Gasteiger partial charge in [0.15, 0.2) is 5.78 Å². The number of aliphatic hydroxyl groups is 1. The Morgan fingerprint density at radius 2 is 1.67 bits per heavy atom. The molecule has 5 aliphatic carbocycles. The summed E-state index contributed by atoms with van der Waals surface area (Å²) in [6.07, 6.45) is 10.1. The summed E-state index contributed by atoms with van der Waals surface area (Å²) in [5, 5.41) is 22.4. The molecule has 0 radical (unpaired) electrons. The second-order valence-electron chi connectivity index (χ2n) is 20.2. The number of phenolic OH excluding ortho intramolecular Hbond substituents is 1. The van der Waals surface area contributed by atoms with Gasteiger partial charge in [0.1, 0.15) is 17.6 Å². The Morgan fingerprint density at radius 1 is 0.926 bits per heavy atom. The number of allylic oxidation sites excluding steroid dienone is 2. The quantitative estimate of drug-likeness (QED) is 0.175. The number of nitrogen functional groups attached to an aromatic ring is 1. The van der Waals surface area contributed by atoms with Crippen molar-refractivity contribution in [1.29, 1.82) is 0 Å². The number of carbonyl (C=O) groups is 2. The average Bonchev–Trinajstić information content (AvgIpc) is 3.42. The molecule has 0 amide bonds. The topological polar surface area (TPSA) is 113 Å². The van der Waals surface area contributed by atoms with E-state index >= 15 is 0 Å². The number of Topliss-reactive ketones (excluding diaryl/α,β-unsaturated/α-hetero) is 2. The molecule has 2 aromatic carbocycles. The van der Waals surface area contributed by atoms with Crippen molar-refractivity contribution in [2.24, 2.45) is 45.3 Å². The summed E-state index contributed by atoms with van der Waals surface area (Å²) >= 11 is 0. The number of fused-ring (bicyclic) bond motifs is 5. The van der Waals surface area contributed by atoms with Crippen LogP contribution in [0.3, 0.4) is 0 Å². The van der Waals surface area contributed by atoms with Gasteiger partial charge in [-0.25, -0.2) is 0 Å². The second-order valence-corrected chi connectivity index (χ2v) is 20.2. The molecule has 0 bridgehead atoms. The first-order chi connectivity index (χ1) is 25.5. The Labute approximate surface area is 323 Å². The number of ether oxygens (including phenoxy) is 1. The van der Waals surface area contributed by atoms with E-state index in [0.29, 0.717) is 42.2 Å². The molecule has 5 fully saturated rings. The zero-order valence-corrected chi connectivity index (χ0v) is 33.9. The van der Waals surface area contributed by atoms with E-state index < -0.39 is 11.5 Å². The summed E-state index contributed by atoms with van der Waals surface area (Å²) in [6, 6.07) is 15.6. The first-order valence-electron chi connectivity index (χ1n) is 21.3. The third-order valence-electron chi connectivity index (χ3n) is 17.2. The van der Waals surface area contributed by atoms with Crippen molar-refractivity contribution in [3.8, 4) is 5.75 Å². The molecule has 8 rings (SSSR count). The van der Waals surface area contributed by atoms with Crippen molar-refractivity contribution >= 4 is 17.3 Å². The smallest absolute Gasteiger partial charge is 0.160 e. The maximum absolute atomic E-state index is 14.5. The average molecular weight is 736 g/mol. The molecule has 12 atom stereocenters. The highest BCUT2D eigenvalue weighted by Gasteiger charge is 2.69. The Balaban J connectivity index is 1.06. The molecule has 6 nitrogen and oxygen atoms in total. The summed E-state index contributed by atoms with van der Waals surface area (Å²) in [7, 11) is 0. The van der Waals surface area contributed by atoms with Gasteiger partial charge in [0, 0.05) is 28.9 Å². The molecule has 1 heterocycles. The number of hydrogen-bond donors (Lipinski definition) is 3. The lowest BCUT2D eigenvalue weighted by Gasteiger charge is -2.68. The zero-order valence-electron chi connectivity index (χ0n) is 33.9. The highest BCUT2D eigenvalue weighted by Crippen LogP contribution is 2.75. The van der Waals surface area contributed by atoms with Crippen LogP contribution in [0, 0.1) is 45.3 Å². The molecule has 292 valence electrons. The molecule has 1 saturated heterocycles. The van der Waals surface area contributed by atoms with Gasteiger partial charge >= 0.3 is 0 Å².